The van der Waals surface area contributed by atoms with Gasteiger partial charge in [0, 0.05) is 17.1 Å². The van der Waals surface area contributed by atoms with Crippen LogP contribution in [0.25, 0.3) is 10.9 Å². The number of carbonyl (C=O) groups is 1. The molecule has 0 fully saturated rings. The van der Waals surface area contributed by atoms with E-state index in [2.05, 4.69) is 25.1 Å². The maximum absolute atomic E-state index is 12.1. The standard InChI is InChI=1S/C15H13NOS/c1-11-4-2-5-13-12(11)7-8-16(13)10-14(17)15-6-3-9-18-15/h2-9H,10H2,1H3. The van der Waals surface area contributed by atoms with Gasteiger partial charge in [0.15, 0.2) is 5.78 Å². The Hall–Kier alpha value is -1.87. The molecule has 0 aliphatic carbocycles. The van der Waals surface area contributed by atoms with Crippen LogP contribution in [0.5, 0.6) is 0 Å². The molecule has 0 amide bonds. The minimum absolute atomic E-state index is 0.170. The molecule has 0 spiro atoms. The number of fused-ring (bicyclic) bond motifs is 1. The molecule has 3 heteroatoms. The lowest BCUT2D eigenvalue weighted by Gasteiger charge is -2.04. The molecular formula is C15H13NOS. The van der Waals surface area contributed by atoms with Crippen LogP contribution in [0, 0.1) is 6.92 Å². The van der Waals surface area contributed by atoms with Gasteiger partial charge in [-0.25, -0.2) is 0 Å². The summed E-state index contributed by atoms with van der Waals surface area (Å²) in [6.45, 7) is 2.50. The van der Waals surface area contributed by atoms with Gasteiger partial charge >= 0.3 is 0 Å². The zero-order valence-electron chi connectivity index (χ0n) is 10.1. The van der Waals surface area contributed by atoms with Crippen LogP contribution < -0.4 is 0 Å². The highest BCUT2D eigenvalue weighted by Gasteiger charge is 2.10. The molecule has 90 valence electrons. The Morgan fingerprint density at radius 2 is 2.11 bits per heavy atom. The molecule has 2 heterocycles. The van der Waals surface area contributed by atoms with Crippen LogP contribution in [0.4, 0.5) is 0 Å². The lowest BCUT2D eigenvalue weighted by molar-refractivity contribution is 0.0977. The quantitative estimate of drug-likeness (QED) is 0.651. The average Bonchev–Trinajstić information content (AvgIpc) is 2.99. The van der Waals surface area contributed by atoms with E-state index < -0.39 is 0 Å². The number of Topliss-reactive ketones (excluding diaryl/α,β-unsaturated/α-hetero) is 1. The summed E-state index contributed by atoms with van der Waals surface area (Å²) < 4.78 is 2.02. The van der Waals surface area contributed by atoms with E-state index in [0.29, 0.717) is 6.54 Å². The fourth-order valence-corrected chi connectivity index (χ4v) is 2.84. The molecule has 2 aromatic heterocycles. The van der Waals surface area contributed by atoms with Gasteiger partial charge in [0.25, 0.3) is 0 Å². The molecular weight excluding hydrogens is 242 g/mol. The van der Waals surface area contributed by atoms with Crippen molar-refractivity contribution in [2.75, 3.05) is 0 Å². The van der Waals surface area contributed by atoms with Crippen molar-refractivity contribution >= 4 is 28.0 Å². The van der Waals surface area contributed by atoms with Gasteiger partial charge in [-0.2, -0.15) is 0 Å². The highest BCUT2D eigenvalue weighted by molar-refractivity contribution is 7.12. The monoisotopic (exact) mass is 255 g/mol. The van der Waals surface area contributed by atoms with Crippen LogP contribution in [-0.2, 0) is 6.54 Å². The Morgan fingerprint density at radius 3 is 2.89 bits per heavy atom. The SMILES string of the molecule is Cc1cccc2c1ccn2CC(=O)c1cccs1. The Labute approximate surface area is 109 Å². The fourth-order valence-electron chi connectivity index (χ4n) is 2.18. The van der Waals surface area contributed by atoms with Crippen molar-refractivity contribution in [3.8, 4) is 0 Å². The normalized spacial score (nSPS) is 10.9. The third-order valence-corrected chi connectivity index (χ3v) is 4.05. The Morgan fingerprint density at radius 1 is 1.22 bits per heavy atom. The second-order valence-corrected chi connectivity index (χ2v) is 5.30. The second kappa shape index (κ2) is 4.42. The number of nitrogens with zero attached hydrogens (tertiary/aromatic N) is 1. The van der Waals surface area contributed by atoms with E-state index in [4.69, 9.17) is 0 Å². The highest BCUT2D eigenvalue weighted by atomic mass is 32.1. The zero-order valence-corrected chi connectivity index (χ0v) is 10.9. The minimum atomic E-state index is 0.170. The molecule has 0 unspecified atom stereocenters. The van der Waals surface area contributed by atoms with Crippen LogP contribution in [0.1, 0.15) is 15.2 Å². The molecule has 0 radical (unpaired) electrons. The van der Waals surface area contributed by atoms with Gasteiger partial charge in [-0.3, -0.25) is 4.79 Å². The molecule has 2 nitrogen and oxygen atoms in total. The number of carbonyl (C=O) groups excluding carboxylic acids is 1. The maximum Gasteiger partial charge on any atom is 0.192 e. The summed E-state index contributed by atoms with van der Waals surface area (Å²) in [5.74, 6) is 0.170. The lowest BCUT2D eigenvalue weighted by atomic mass is 10.1. The highest BCUT2D eigenvalue weighted by Crippen LogP contribution is 2.20. The van der Waals surface area contributed by atoms with Crippen molar-refractivity contribution in [2.24, 2.45) is 0 Å². The average molecular weight is 255 g/mol. The van der Waals surface area contributed by atoms with Gasteiger partial charge in [0.2, 0.25) is 0 Å². The van der Waals surface area contributed by atoms with Gasteiger partial charge in [0.05, 0.1) is 11.4 Å². The van der Waals surface area contributed by atoms with Crippen molar-refractivity contribution in [1.29, 1.82) is 0 Å². The van der Waals surface area contributed by atoms with E-state index in [1.807, 2.05) is 34.3 Å². The van der Waals surface area contributed by atoms with E-state index in [9.17, 15) is 4.79 Å². The smallest absolute Gasteiger partial charge is 0.192 e. The molecule has 3 rings (SSSR count). The largest absolute Gasteiger partial charge is 0.340 e. The lowest BCUT2D eigenvalue weighted by Crippen LogP contribution is -2.07. The van der Waals surface area contributed by atoms with E-state index in [1.165, 1.54) is 22.3 Å². The number of aromatic nitrogens is 1. The van der Waals surface area contributed by atoms with Crippen molar-refractivity contribution in [3.05, 3.63) is 58.4 Å². The summed E-state index contributed by atoms with van der Waals surface area (Å²) in [7, 11) is 0. The van der Waals surface area contributed by atoms with E-state index >= 15 is 0 Å². The van der Waals surface area contributed by atoms with Crippen molar-refractivity contribution in [2.45, 2.75) is 13.5 Å². The topological polar surface area (TPSA) is 22.0 Å². The summed E-state index contributed by atoms with van der Waals surface area (Å²) in [5.41, 5.74) is 2.37. The number of rotatable bonds is 3. The van der Waals surface area contributed by atoms with E-state index in [1.54, 1.807) is 0 Å². The summed E-state index contributed by atoms with van der Waals surface area (Å²) in [5, 5.41) is 3.15. The van der Waals surface area contributed by atoms with Gasteiger partial charge in [-0.05, 0) is 36.1 Å². The summed E-state index contributed by atoms with van der Waals surface area (Å²) in [6, 6.07) is 12.0. The summed E-state index contributed by atoms with van der Waals surface area (Å²) in [4.78, 5) is 12.9. The van der Waals surface area contributed by atoms with Crippen molar-refractivity contribution < 1.29 is 4.79 Å². The van der Waals surface area contributed by atoms with E-state index in [0.717, 1.165) is 10.4 Å². The van der Waals surface area contributed by atoms with Crippen LogP contribution in [-0.4, -0.2) is 10.4 Å². The molecule has 1 aromatic carbocycles. The molecule has 0 atom stereocenters. The molecule has 0 saturated carbocycles. The zero-order chi connectivity index (χ0) is 12.5. The predicted molar refractivity (Wildman–Crippen MR) is 75.3 cm³/mol. The van der Waals surface area contributed by atoms with Crippen LogP contribution in [0.3, 0.4) is 0 Å². The number of hydrogen-bond acceptors (Lipinski definition) is 2. The first kappa shape index (κ1) is 11.2. The van der Waals surface area contributed by atoms with Gasteiger partial charge < -0.3 is 4.57 Å². The predicted octanol–water partition coefficient (Wildman–Crippen LogP) is 3.89. The number of benzene rings is 1. The maximum atomic E-state index is 12.1. The van der Waals surface area contributed by atoms with Crippen LogP contribution >= 0.6 is 11.3 Å². The molecule has 3 aromatic rings. The molecule has 0 aliphatic rings. The summed E-state index contributed by atoms with van der Waals surface area (Å²) in [6.07, 6.45) is 1.99. The fraction of sp³-hybridized carbons (Fsp3) is 0.133. The third-order valence-electron chi connectivity index (χ3n) is 3.14. The van der Waals surface area contributed by atoms with Crippen molar-refractivity contribution in [1.82, 2.24) is 4.57 Å². The first-order chi connectivity index (χ1) is 8.75. The first-order valence-corrected chi connectivity index (χ1v) is 6.75. The van der Waals surface area contributed by atoms with Crippen molar-refractivity contribution in [3.63, 3.8) is 0 Å². The number of ketones is 1. The number of aryl methyl sites for hydroxylation is 1. The number of hydrogen-bond donors (Lipinski definition) is 0. The first-order valence-electron chi connectivity index (χ1n) is 5.87. The molecule has 0 aliphatic heterocycles. The Bertz CT molecular complexity index is 694. The van der Waals surface area contributed by atoms with E-state index in [-0.39, 0.29) is 5.78 Å². The molecule has 0 bridgehead atoms. The minimum Gasteiger partial charge on any atom is -0.340 e. The van der Waals surface area contributed by atoms with Crippen LogP contribution in [0.2, 0.25) is 0 Å². The Balaban J connectivity index is 1.96. The molecule has 0 saturated heterocycles. The number of thiophene rings is 1. The van der Waals surface area contributed by atoms with Gasteiger partial charge in [-0.1, -0.05) is 18.2 Å². The van der Waals surface area contributed by atoms with Gasteiger partial charge in [-0.15, -0.1) is 11.3 Å². The van der Waals surface area contributed by atoms with Crippen LogP contribution in [0.15, 0.2) is 48.0 Å². The van der Waals surface area contributed by atoms with Gasteiger partial charge in [0.1, 0.15) is 0 Å². The summed E-state index contributed by atoms with van der Waals surface area (Å²) >= 11 is 1.50. The molecule has 0 N–H and O–H groups in total. The second-order valence-electron chi connectivity index (χ2n) is 4.35. The third kappa shape index (κ3) is 1.87. The Kier molecular flexibility index (Phi) is 2.76. The molecule has 18 heavy (non-hydrogen) atoms.